The Morgan fingerprint density at radius 1 is 1.21 bits per heavy atom. The van der Waals surface area contributed by atoms with E-state index in [9.17, 15) is 4.79 Å². The molecule has 1 aromatic rings. The third-order valence-electron chi connectivity index (χ3n) is 6.11. The van der Waals surface area contributed by atoms with E-state index in [2.05, 4.69) is 46.4 Å². The standard InChI is InChI=1S/C19H27N3O2/c1-21-8-9-22(14-19(21)6-10-24-11-7-19)18(23)17-12-15-4-2-3-5-16(15)13-20-17/h2-5,17,20H,6-14H2,1H3/t17-/m1/s1. The molecule has 3 aliphatic rings. The van der Waals surface area contributed by atoms with Gasteiger partial charge in [0, 0.05) is 44.9 Å². The fourth-order valence-electron chi connectivity index (χ4n) is 4.39. The highest BCUT2D eigenvalue weighted by Gasteiger charge is 2.43. The van der Waals surface area contributed by atoms with E-state index in [1.54, 1.807) is 0 Å². The SMILES string of the molecule is CN1CCN(C(=O)[C@H]2Cc3ccccc3CN2)CC12CCOCC2. The minimum atomic E-state index is -0.0832. The van der Waals surface area contributed by atoms with Crippen LogP contribution in [0.25, 0.3) is 0 Å². The monoisotopic (exact) mass is 329 g/mol. The first-order chi connectivity index (χ1) is 11.7. The zero-order chi connectivity index (χ0) is 16.6. The van der Waals surface area contributed by atoms with E-state index in [1.807, 2.05) is 0 Å². The first-order valence-corrected chi connectivity index (χ1v) is 9.06. The maximum Gasteiger partial charge on any atom is 0.240 e. The normalized spacial score (nSPS) is 27.0. The van der Waals surface area contributed by atoms with Crippen LogP contribution in [0.4, 0.5) is 0 Å². The Morgan fingerprint density at radius 2 is 1.96 bits per heavy atom. The van der Waals surface area contributed by atoms with Gasteiger partial charge < -0.3 is 15.0 Å². The molecule has 0 radical (unpaired) electrons. The Morgan fingerprint density at radius 3 is 2.75 bits per heavy atom. The van der Waals surface area contributed by atoms with E-state index < -0.39 is 0 Å². The maximum atomic E-state index is 13.1. The Labute approximate surface area is 144 Å². The number of carbonyl (C=O) groups is 1. The van der Waals surface area contributed by atoms with Crippen LogP contribution in [0.5, 0.6) is 0 Å². The molecule has 5 heteroatoms. The number of fused-ring (bicyclic) bond motifs is 1. The smallest absolute Gasteiger partial charge is 0.240 e. The van der Waals surface area contributed by atoms with Crippen LogP contribution in [0.3, 0.4) is 0 Å². The van der Waals surface area contributed by atoms with Gasteiger partial charge >= 0.3 is 0 Å². The summed E-state index contributed by atoms with van der Waals surface area (Å²) in [6.45, 7) is 5.03. The number of hydrogen-bond acceptors (Lipinski definition) is 4. The van der Waals surface area contributed by atoms with Gasteiger partial charge in [-0.1, -0.05) is 24.3 Å². The topological polar surface area (TPSA) is 44.8 Å². The molecule has 1 atom stereocenters. The quantitative estimate of drug-likeness (QED) is 0.836. The van der Waals surface area contributed by atoms with Crippen LogP contribution in [0.15, 0.2) is 24.3 Å². The molecule has 0 aliphatic carbocycles. The van der Waals surface area contributed by atoms with Crippen molar-refractivity contribution in [1.82, 2.24) is 15.1 Å². The predicted octanol–water partition coefficient (Wildman–Crippen LogP) is 1.02. The van der Waals surface area contributed by atoms with Crippen molar-refractivity contribution in [1.29, 1.82) is 0 Å². The molecule has 0 saturated carbocycles. The molecule has 0 unspecified atom stereocenters. The molecule has 3 aliphatic heterocycles. The summed E-state index contributed by atoms with van der Waals surface area (Å²) >= 11 is 0. The molecule has 130 valence electrons. The number of hydrogen-bond donors (Lipinski definition) is 1. The first-order valence-electron chi connectivity index (χ1n) is 9.06. The molecule has 2 fully saturated rings. The number of carbonyl (C=O) groups excluding carboxylic acids is 1. The van der Waals surface area contributed by atoms with Crippen molar-refractivity contribution in [3.8, 4) is 0 Å². The summed E-state index contributed by atoms with van der Waals surface area (Å²) < 4.78 is 5.55. The second-order valence-corrected chi connectivity index (χ2v) is 7.42. The number of amides is 1. The number of benzene rings is 1. The summed E-state index contributed by atoms with van der Waals surface area (Å²) in [5.41, 5.74) is 2.74. The van der Waals surface area contributed by atoms with Crippen molar-refractivity contribution in [2.45, 2.75) is 37.4 Å². The predicted molar refractivity (Wildman–Crippen MR) is 92.8 cm³/mol. The van der Waals surface area contributed by atoms with Crippen molar-refractivity contribution in [2.75, 3.05) is 39.9 Å². The average Bonchev–Trinajstić information content (AvgIpc) is 2.64. The Kier molecular flexibility index (Phi) is 4.33. The van der Waals surface area contributed by atoms with Gasteiger partial charge in [0.25, 0.3) is 0 Å². The number of rotatable bonds is 1. The van der Waals surface area contributed by atoms with Crippen LogP contribution in [0.1, 0.15) is 24.0 Å². The maximum absolute atomic E-state index is 13.1. The van der Waals surface area contributed by atoms with Crippen LogP contribution >= 0.6 is 0 Å². The number of nitrogens with one attached hydrogen (secondary N) is 1. The molecule has 1 spiro atoms. The molecule has 1 amide bonds. The number of ether oxygens (including phenoxy) is 1. The third-order valence-corrected chi connectivity index (χ3v) is 6.11. The highest BCUT2D eigenvalue weighted by Crippen LogP contribution is 2.31. The molecule has 3 heterocycles. The van der Waals surface area contributed by atoms with Gasteiger partial charge in [0.2, 0.25) is 5.91 Å². The second-order valence-electron chi connectivity index (χ2n) is 7.42. The van der Waals surface area contributed by atoms with Crippen molar-refractivity contribution in [3.63, 3.8) is 0 Å². The van der Waals surface area contributed by atoms with Gasteiger partial charge in [0.1, 0.15) is 0 Å². The fourth-order valence-corrected chi connectivity index (χ4v) is 4.39. The van der Waals surface area contributed by atoms with E-state index >= 15 is 0 Å². The second kappa shape index (κ2) is 6.47. The Bertz CT molecular complexity index is 612. The summed E-state index contributed by atoms with van der Waals surface area (Å²) in [4.78, 5) is 17.7. The Balaban J connectivity index is 1.47. The van der Waals surface area contributed by atoms with Crippen LogP contribution < -0.4 is 5.32 Å². The van der Waals surface area contributed by atoms with Crippen molar-refractivity contribution in [3.05, 3.63) is 35.4 Å². The van der Waals surface area contributed by atoms with Crippen LogP contribution in [0.2, 0.25) is 0 Å². The lowest BCUT2D eigenvalue weighted by atomic mass is 9.85. The molecule has 1 aromatic carbocycles. The lowest BCUT2D eigenvalue weighted by Crippen LogP contribution is -2.65. The number of nitrogens with zero attached hydrogens (tertiary/aromatic N) is 2. The van der Waals surface area contributed by atoms with E-state index in [1.165, 1.54) is 11.1 Å². The number of likely N-dealkylation sites (N-methyl/N-ethyl adjacent to an activating group) is 1. The minimum Gasteiger partial charge on any atom is -0.381 e. The molecule has 24 heavy (non-hydrogen) atoms. The first kappa shape index (κ1) is 16.1. The van der Waals surface area contributed by atoms with Crippen LogP contribution in [0, 0.1) is 0 Å². The van der Waals surface area contributed by atoms with Crippen molar-refractivity contribution in [2.24, 2.45) is 0 Å². The van der Waals surface area contributed by atoms with E-state index in [4.69, 9.17) is 4.74 Å². The van der Waals surface area contributed by atoms with Gasteiger partial charge in [-0.3, -0.25) is 9.69 Å². The van der Waals surface area contributed by atoms with Gasteiger partial charge in [-0.25, -0.2) is 0 Å². The van der Waals surface area contributed by atoms with Gasteiger partial charge in [0.05, 0.1) is 6.04 Å². The van der Waals surface area contributed by atoms with E-state index in [0.29, 0.717) is 0 Å². The molecule has 5 nitrogen and oxygen atoms in total. The van der Waals surface area contributed by atoms with Gasteiger partial charge in [0.15, 0.2) is 0 Å². The van der Waals surface area contributed by atoms with E-state index in [0.717, 1.165) is 58.7 Å². The molecular formula is C19H27N3O2. The Hall–Kier alpha value is -1.43. The minimum absolute atomic E-state index is 0.0832. The highest BCUT2D eigenvalue weighted by atomic mass is 16.5. The molecule has 4 rings (SSSR count). The fraction of sp³-hybridized carbons (Fsp3) is 0.632. The highest BCUT2D eigenvalue weighted by molar-refractivity contribution is 5.83. The summed E-state index contributed by atoms with van der Waals surface area (Å²) in [6.07, 6.45) is 2.85. The summed E-state index contributed by atoms with van der Waals surface area (Å²) in [5.74, 6) is 0.267. The zero-order valence-corrected chi connectivity index (χ0v) is 14.5. The molecule has 0 bridgehead atoms. The lowest BCUT2D eigenvalue weighted by Gasteiger charge is -2.51. The van der Waals surface area contributed by atoms with Crippen molar-refractivity contribution >= 4 is 5.91 Å². The largest absolute Gasteiger partial charge is 0.381 e. The third kappa shape index (κ3) is 2.85. The molecule has 2 saturated heterocycles. The summed E-state index contributed by atoms with van der Waals surface area (Å²) in [6, 6.07) is 8.35. The van der Waals surface area contributed by atoms with Gasteiger partial charge in [-0.2, -0.15) is 0 Å². The zero-order valence-electron chi connectivity index (χ0n) is 14.5. The van der Waals surface area contributed by atoms with Gasteiger partial charge in [-0.05, 0) is 37.4 Å². The molecule has 0 aromatic heterocycles. The van der Waals surface area contributed by atoms with E-state index in [-0.39, 0.29) is 17.5 Å². The van der Waals surface area contributed by atoms with Crippen LogP contribution in [-0.2, 0) is 22.5 Å². The molecule has 1 N–H and O–H groups in total. The van der Waals surface area contributed by atoms with Crippen molar-refractivity contribution < 1.29 is 9.53 Å². The summed E-state index contributed by atoms with van der Waals surface area (Å²) in [5, 5.41) is 3.45. The summed E-state index contributed by atoms with van der Waals surface area (Å²) in [7, 11) is 2.20. The molecular weight excluding hydrogens is 302 g/mol. The van der Waals surface area contributed by atoms with Gasteiger partial charge in [-0.15, -0.1) is 0 Å². The lowest BCUT2D eigenvalue weighted by molar-refractivity contribution is -0.142. The number of piperazine rings is 1. The average molecular weight is 329 g/mol. The van der Waals surface area contributed by atoms with Crippen LogP contribution in [-0.4, -0.2) is 67.2 Å².